The lowest BCUT2D eigenvalue weighted by Gasteiger charge is -1.99. The number of carbonyl (C=O) groups excluding carboxylic acids is 1. The summed E-state index contributed by atoms with van der Waals surface area (Å²) in [4.78, 5) is 10.1. The molecule has 0 aromatic heterocycles. The van der Waals surface area contributed by atoms with Crippen LogP contribution in [0.5, 0.6) is 0 Å². The Bertz CT molecular complexity index is 74.1. The van der Waals surface area contributed by atoms with Crippen molar-refractivity contribution in [2.24, 2.45) is 0 Å². The third kappa shape index (κ3) is 2.60. The second kappa shape index (κ2) is 2.99. The van der Waals surface area contributed by atoms with Gasteiger partial charge < -0.3 is 5.32 Å². The molecule has 0 rings (SSSR count). The minimum atomic E-state index is -0.345. The molecule has 0 aliphatic carbocycles. The Balaban J connectivity index is 3.34. The summed E-state index contributed by atoms with van der Waals surface area (Å²) < 4.78 is 0. The molecule has 0 aliphatic rings. The minimum Gasteiger partial charge on any atom is -0.310 e. The fourth-order valence-corrected chi connectivity index (χ4v) is 0.223. The van der Waals surface area contributed by atoms with Crippen molar-refractivity contribution in [2.45, 2.75) is 13.0 Å². The Morgan fingerprint density at radius 2 is 2.29 bits per heavy atom. The van der Waals surface area contributed by atoms with Crippen LogP contribution in [-0.2, 0) is 4.79 Å². The number of hydrogen-bond acceptors (Lipinski definition) is 2. The Morgan fingerprint density at radius 1 is 1.86 bits per heavy atom. The molecule has 0 saturated carbocycles. The summed E-state index contributed by atoms with van der Waals surface area (Å²) in [6.07, 6.45) is 0. The number of carbonyl (C=O) groups is 1. The summed E-state index contributed by atoms with van der Waals surface area (Å²) in [5.41, 5.74) is 0. The molecule has 0 bridgehead atoms. The van der Waals surface area contributed by atoms with E-state index in [9.17, 15) is 4.79 Å². The van der Waals surface area contributed by atoms with Gasteiger partial charge in [-0.25, -0.2) is 0 Å². The maximum absolute atomic E-state index is 10.1. The fraction of sp³-hybridized carbons (Fsp3) is 0.750. The second-order valence-corrected chi connectivity index (χ2v) is 1.69. The predicted molar refractivity (Wildman–Crippen MR) is 29.4 cm³/mol. The number of rotatable bonds is 2. The Hall–Kier alpha value is -0.0800. The van der Waals surface area contributed by atoms with E-state index in [2.05, 4.69) is 5.32 Å². The summed E-state index contributed by atoms with van der Waals surface area (Å²) in [7, 11) is 1.69. The molecular weight excluding hydrogens is 114 g/mol. The van der Waals surface area contributed by atoms with Gasteiger partial charge in [-0.1, -0.05) is 0 Å². The summed E-state index contributed by atoms with van der Waals surface area (Å²) in [5, 5.41) is 2.34. The van der Waals surface area contributed by atoms with E-state index in [0.29, 0.717) is 0 Å². The zero-order valence-electron chi connectivity index (χ0n) is 4.36. The van der Waals surface area contributed by atoms with Crippen LogP contribution in [0.4, 0.5) is 0 Å². The van der Waals surface area contributed by atoms with E-state index in [4.69, 9.17) is 11.6 Å². The SMILES string of the molecule is CNC(C)C(=O)Cl. The van der Waals surface area contributed by atoms with Crippen LogP contribution in [0.2, 0.25) is 0 Å². The first-order chi connectivity index (χ1) is 3.18. The third-order valence-corrected chi connectivity index (χ3v) is 1.10. The quantitative estimate of drug-likeness (QED) is 0.535. The zero-order valence-corrected chi connectivity index (χ0v) is 5.12. The molecule has 0 heterocycles. The Kier molecular flexibility index (Phi) is 2.96. The maximum Gasteiger partial charge on any atom is 0.238 e. The molecule has 1 unspecified atom stereocenters. The summed E-state index contributed by atoms with van der Waals surface area (Å²) >= 11 is 5.03. The van der Waals surface area contributed by atoms with Crippen LogP contribution < -0.4 is 5.32 Å². The van der Waals surface area contributed by atoms with E-state index >= 15 is 0 Å². The molecule has 0 radical (unpaired) electrons. The number of nitrogens with one attached hydrogen (secondary N) is 1. The molecule has 3 heteroatoms. The van der Waals surface area contributed by atoms with Gasteiger partial charge in [-0.05, 0) is 25.6 Å². The standard InChI is InChI=1S/C4H8ClNO/c1-3(6-2)4(5)7/h3,6H,1-2H3. The molecular formula is C4H8ClNO. The van der Waals surface area contributed by atoms with E-state index in [1.165, 1.54) is 0 Å². The van der Waals surface area contributed by atoms with E-state index in [-0.39, 0.29) is 11.3 Å². The Morgan fingerprint density at radius 3 is 2.29 bits per heavy atom. The monoisotopic (exact) mass is 121 g/mol. The van der Waals surface area contributed by atoms with Crippen molar-refractivity contribution >= 4 is 16.8 Å². The molecule has 1 atom stereocenters. The van der Waals surface area contributed by atoms with Crippen molar-refractivity contribution < 1.29 is 4.79 Å². The largest absolute Gasteiger partial charge is 0.310 e. The van der Waals surface area contributed by atoms with Crippen LogP contribution in [0.15, 0.2) is 0 Å². The maximum atomic E-state index is 10.1. The molecule has 42 valence electrons. The van der Waals surface area contributed by atoms with Gasteiger partial charge >= 0.3 is 0 Å². The first-order valence-corrected chi connectivity index (χ1v) is 2.43. The predicted octanol–water partition coefficient (Wildman–Crippen LogP) is 0.360. The van der Waals surface area contributed by atoms with Gasteiger partial charge in [0.15, 0.2) is 0 Å². The highest BCUT2D eigenvalue weighted by Gasteiger charge is 2.03. The molecule has 1 N–H and O–H groups in total. The van der Waals surface area contributed by atoms with Crippen LogP contribution in [0.1, 0.15) is 6.92 Å². The van der Waals surface area contributed by atoms with Crippen molar-refractivity contribution in [1.82, 2.24) is 5.32 Å². The average Bonchev–Trinajstić information content (AvgIpc) is 1.65. The highest BCUT2D eigenvalue weighted by atomic mass is 35.5. The molecule has 0 aliphatic heterocycles. The fourth-order valence-electron chi connectivity index (χ4n) is 0.113. The van der Waals surface area contributed by atoms with Crippen LogP contribution in [0.3, 0.4) is 0 Å². The second-order valence-electron chi connectivity index (χ2n) is 1.31. The van der Waals surface area contributed by atoms with Crippen LogP contribution in [0.25, 0.3) is 0 Å². The van der Waals surface area contributed by atoms with Gasteiger partial charge in [-0.2, -0.15) is 0 Å². The van der Waals surface area contributed by atoms with Gasteiger partial charge in [0.25, 0.3) is 0 Å². The minimum absolute atomic E-state index is 0.221. The van der Waals surface area contributed by atoms with Crippen molar-refractivity contribution in [3.8, 4) is 0 Å². The highest BCUT2D eigenvalue weighted by Crippen LogP contribution is 1.85. The normalized spacial score (nSPS) is 13.6. The molecule has 0 saturated heterocycles. The van der Waals surface area contributed by atoms with Gasteiger partial charge in [0.05, 0.1) is 6.04 Å². The van der Waals surface area contributed by atoms with Crippen molar-refractivity contribution in [3.63, 3.8) is 0 Å². The van der Waals surface area contributed by atoms with Crippen LogP contribution >= 0.6 is 11.6 Å². The topological polar surface area (TPSA) is 29.1 Å². The van der Waals surface area contributed by atoms with Crippen LogP contribution in [0, 0.1) is 0 Å². The van der Waals surface area contributed by atoms with Crippen molar-refractivity contribution in [2.75, 3.05) is 7.05 Å². The van der Waals surface area contributed by atoms with E-state index in [0.717, 1.165) is 0 Å². The molecule has 2 nitrogen and oxygen atoms in total. The summed E-state index contributed by atoms with van der Waals surface area (Å²) in [5.74, 6) is 0. The smallest absolute Gasteiger partial charge is 0.238 e. The molecule has 7 heavy (non-hydrogen) atoms. The Labute approximate surface area is 47.8 Å². The van der Waals surface area contributed by atoms with Crippen molar-refractivity contribution in [3.05, 3.63) is 0 Å². The van der Waals surface area contributed by atoms with Gasteiger partial charge in [0.1, 0.15) is 0 Å². The van der Waals surface area contributed by atoms with Gasteiger partial charge in [-0.3, -0.25) is 4.79 Å². The number of likely N-dealkylation sites (N-methyl/N-ethyl adjacent to an activating group) is 1. The lowest BCUT2D eigenvalue weighted by molar-refractivity contribution is -0.113. The molecule has 0 aromatic carbocycles. The highest BCUT2D eigenvalue weighted by molar-refractivity contribution is 6.64. The van der Waals surface area contributed by atoms with E-state index in [1.807, 2.05) is 0 Å². The lowest BCUT2D eigenvalue weighted by Crippen LogP contribution is -2.26. The zero-order chi connectivity index (χ0) is 5.86. The summed E-state index contributed by atoms with van der Waals surface area (Å²) in [6.45, 7) is 1.70. The molecule has 0 aromatic rings. The third-order valence-electron chi connectivity index (χ3n) is 0.773. The first kappa shape index (κ1) is 6.92. The molecule has 0 spiro atoms. The first-order valence-electron chi connectivity index (χ1n) is 2.05. The van der Waals surface area contributed by atoms with Crippen LogP contribution in [-0.4, -0.2) is 18.3 Å². The van der Waals surface area contributed by atoms with E-state index < -0.39 is 0 Å². The summed E-state index contributed by atoms with van der Waals surface area (Å²) in [6, 6.07) is -0.221. The van der Waals surface area contributed by atoms with Gasteiger partial charge in [0.2, 0.25) is 5.24 Å². The van der Waals surface area contributed by atoms with E-state index in [1.54, 1.807) is 14.0 Å². The number of halogens is 1. The number of hydrogen-bond donors (Lipinski definition) is 1. The van der Waals surface area contributed by atoms with Gasteiger partial charge in [-0.15, -0.1) is 0 Å². The lowest BCUT2D eigenvalue weighted by atomic mass is 10.4. The average molecular weight is 122 g/mol. The molecule has 0 amide bonds. The molecule has 0 fully saturated rings. The van der Waals surface area contributed by atoms with Crippen molar-refractivity contribution in [1.29, 1.82) is 0 Å². The van der Waals surface area contributed by atoms with Gasteiger partial charge in [0, 0.05) is 0 Å².